The summed E-state index contributed by atoms with van der Waals surface area (Å²) in [6.45, 7) is 9.77. The quantitative estimate of drug-likeness (QED) is 0.593. The molecule has 0 heterocycles. The zero-order chi connectivity index (χ0) is 14.7. The highest BCUT2D eigenvalue weighted by atomic mass is 32.2. The number of carbonyl (C=O) groups excluding carboxylic acids is 2. The van der Waals surface area contributed by atoms with E-state index >= 15 is 0 Å². The minimum atomic E-state index is -0.138. The molecule has 0 radical (unpaired) electrons. The Kier molecular flexibility index (Phi) is 11.0. The van der Waals surface area contributed by atoms with Gasteiger partial charge in [-0.2, -0.15) is 0 Å². The standard InChI is InChI=1S/C14H27NO3S/c1-5-12(16)10-19-13(6-2)14(17)15-7-8-18-9-11(3)4/h11,13H,5-10H2,1-4H3,(H,15,17). The first-order valence-corrected chi connectivity index (χ1v) is 8.04. The molecule has 1 N–H and O–H groups in total. The average Bonchev–Trinajstić information content (AvgIpc) is 2.38. The van der Waals surface area contributed by atoms with E-state index in [2.05, 4.69) is 19.2 Å². The van der Waals surface area contributed by atoms with Crippen LogP contribution in [-0.4, -0.2) is 42.5 Å². The van der Waals surface area contributed by atoms with Gasteiger partial charge in [-0.1, -0.05) is 27.7 Å². The second-order valence-electron chi connectivity index (χ2n) is 4.86. The van der Waals surface area contributed by atoms with Gasteiger partial charge in [0.2, 0.25) is 5.91 Å². The van der Waals surface area contributed by atoms with Gasteiger partial charge in [0, 0.05) is 19.6 Å². The molecule has 0 aromatic heterocycles. The summed E-state index contributed by atoms with van der Waals surface area (Å²) < 4.78 is 5.40. The van der Waals surface area contributed by atoms with Crippen molar-refractivity contribution in [2.75, 3.05) is 25.5 Å². The van der Waals surface area contributed by atoms with Gasteiger partial charge in [0.1, 0.15) is 5.78 Å². The number of amides is 1. The average molecular weight is 289 g/mol. The van der Waals surface area contributed by atoms with E-state index in [-0.39, 0.29) is 16.9 Å². The second kappa shape index (κ2) is 11.3. The number of hydrogen-bond donors (Lipinski definition) is 1. The summed E-state index contributed by atoms with van der Waals surface area (Å²) in [5, 5.41) is 2.71. The molecule has 5 heteroatoms. The maximum Gasteiger partial charge on any atom is 0.233 e. The van der Waals surface area contributed by atoms with Gasteiger partial charge in [-0.3, -0.25) is 9.59 Å². The summed E-state index contributed by atoms with van der Waals surface area (Å²) in [5.41, 5.74) is 0. The lowest BCUT2D eigenvalue weighted by Gasteiger charge is -2.14. The van der Waals surface area contributed by atoms with Crippen LogP contribution in [0.1, 0.15) is 40.5 Å². The smallest absolute Gasteiger partial charge is 0.233 e. The van der Waals surface area contributed by atoms with Gasteiger partial charge in [0.25, 0.3) is 0 Å². The molecule has 19 heavy (non-hydrogen) atoms. The van der Waals surface area contributed by atoms with E-state index in [0.717, 1.165) is 6.42 Å². The van der Waals surface area contributed by atoms with Crippen molar-refractivity contribution < 1.29 is 14.3 Å². The molecular weight excluding hydrogens is 262 g/mol. The SMILES string of the molecule is CCC(=O)CSC(CC)C(=O)NCCOCC(C)C. The molecule has 0 aromatic rings. The van der Waals surface area contributed by atoms with E-state index < -0.39 is 0 Å². The summed E-state index contributed by atoms with van der Waals surface area (Å²) in [5.74, 6) is 1.13. The third kappa shape index (κ3) is 9.96. The van der Waals surface area contributed by atoms with E-state index in [1.807, 2.05) is 13.8 Å². The van der Waals surface area contributed by atoms with Gasteiger partial charge in [0.15, 0.2) is 0 Å². The van der Waals surface area contributed by atoms with Crippen LogP contribution in [0.25, 0.3) is 0 Å². The molecule has 0 saturated carbocycles. The Morgan fingerprint density at radius 1 is 1.26 bits per heavy atom. The van der Waals surface area contributed by atoms with Crippen molar-refractivity contribution >= 4 is 23.5 Å². The molecule has 1 amide bonds. The topological polar surface area (TPSA) is 55.4 Å². The van der Waals surface area contributed by atoms with Gasteiger partial charge >= 0.3 is 0 Å². The zero-order valence-corrected chi connectivity index (χ0v) is 13.3. The summed E-state index contributed by atoms with van der Waals surface area (Å²) in [6, 6.07) is 0. The third-order valence-corrected chi connectivity index (χ3v) is 3.94. The number of carbonyl (C=O) groups is 2. The summed E-state index contributed by atoms with van der Waals surface area (Å²) in [7, 11) is 0. The Hall–Kier alpha value is -0.550. The van der Waals surface area contributed by atoms with Crippen LogP contribution >= 0.6 is 11.8 Å². The van der Waals surface area contributed by atoms with Crippen LogP contribution in [0, 0.1) is 5.92 Å². The van der Waals surface area contributed by atoms with Crippen molar-refractivity contribution in [3.63, 3.8) is 0 Å². The molecular formula is C14H27NO3S. The normalized spacial score (nSPS) is 12.5. The van der Waals surface area contributed by atoms with E-state index in [9.17, 15) is 9.59 Å². The van der Waals surface area contributed by atoms with Gasteiger partial charge in [-0.25, -0.2) is 0 Å². The summed E-state index contributed by atoms with van der Waals surface area (Å²) in [4.78, 5) is 23.1. The van der Waals surface area contributed by atoms with Crippen LogP contribution in [0.5, 0.6) is 0 Å². The lowest BCUT2D eigenvalue weighted by molar-refractivity contribution is -0.120. The van der Waals surface area contributed by atoms with Gasteiger partial charge in [0.05, 0.1) is 17.6 Å². The summed E-state index contributed by atoms with van der Waals surface area (Å²) in [6.07, 6.45) is 1.27. The van der Waals surface area contributed by atoms with Crippen LogP contribution in [0.2, 0.25) is 0 Å². The van der Waals surface area contributed by atoms with Crippen molar-refractivity contribution in [3.8, 4) is 0 Å². The molecule has 0 bridgehead atoms. The highest BCUT2D eigenvalue weighted by Gasteiger charge is 2.17. The van der Waals surface area contributed by atoms with Gasteiger partial charge < -0.3 is 10.1 Å². The van der Waals surface area contributed by atoms with E-state index in [4.69, 9.17) is 4.74 Å². The van der Waals surface area contributed by atoms with E-state index in [1.165, 1.54) is 11.8 Å². The van der Waals surface area contributed by atoms with E-state index in [1.54, 1.807) is 0 Å². The van der Waals surface area contributed by atoms with Crippen molar-refractivity contribution in [3.05, 3.63) is 0 Å². The Labute approximate surface area is 121 Å². The minimum absolute atomic E-state index is 0.00421. The molecule has 0 aliphatic rings. The zero-order valence-electron chi connectivity index (χ0n) is 12.5. The largest absolute Gasteiger partial charge is 0.379 e. The predicted molar refractivity (Wildman–Crippen MR) is 80.5 cm³/mol. The van der Waals surface area contributed by atoms with Gasteiger partial charge in [-0.05, 0) is 12.3 Å². The second-order valence-corrected chi connectivity index (χ2v) is 6.05. The molecule has 4 nitrogen and oxygen atoms in total. The van der Waals surface area contributed by atoms with E-state index in [0.29, 0.717) is 37.9 Å². The van der Waals surface area contributed by atoms with Crippen LogP contribution in [-0.2, 0) is 14.3 Å². The van der Waals surface area contributed by atoms with Crippen molar-refractivity contribution in [1.82, 2.24) is 5.32 Å². The van der Waals surface area contributed by atoms with Gasteiger partial charge in [-0.15, -0.1) is 11.8 Å². The molecule has 0 aromatic carbocycles. The fourth-order valence-corrected chi connectivity index (χ4v) is 2.42. The first-order chi connectivity index (χ1) is 9.01. The summed E-state index contributed by atoms with van der Waals surface area (Å²) >= 11 is 1.43. The maximum atomic E-state index is 11.9. The number of hydrogen-bond acceptors (Lipinski definition) is 4. The fraction of sp³-hybridized carbons (Fsp3) is 0.857. The highest BCUT2D eigenvalue weighted by molar-refractivity contribution is 8.01. The highest BCUT2D eigenvalue weighted by Crippen LogP contribution is 2.15. The fourth-order valence-electron chi connectivity index (χ4n) is 1.35. The molecule has 112 valence electrons. The molecule has 0 aliphatic carbocycles. The molecule has 0 aliphatic heterocycles. The Bertz CT molecular complexity index is 269. The first kappa shape index (κ1) is 18.4. The number of thioether (sulfide) groups is 1. The van der Waals surface area contributed by atoms with Crippen LogP contribution in [0.4, 0.5) is 0 Å². The minimum Gasteiger partial charge on any atom is -0.379 e. The molecule has 1 unspecified atom stereocenters. The molecule has 1 atom stereocenters. The van der Waals surface area contributed by atoms with Crippen LogP contribution in [0.3, 0.4) is 0 Å². The molecule has 0 spiro atoms. The van der Waals surface area contributed by atoms with Crippen molar-refractivity contribution in [2.45, 2.75) is 45.8 Å². The lowest BCUT2D eigenvalue weighted by atomic mass is 10.2. The first-order valence-electron chi connectivity index (χ1n) is 6.99. The number of nitrogens with one attached hydrogen (secondary N) is 1. The number of ether oxygens (including phenoxy) is 1. The number of Topliss-reactive ketones (excluding diaryl/α,β-unsaturated/α-hetero) is 1. The Morgan fingerprint density at radius 2 is 1.95 bits per heavy atom. The monoisotopic (exact) mass is 289 g/mol. The Morgan fingerprint density at radius 3 is 2.47 bits per heavy atom. The molecule has 0 rings (SSSR count). The number of rotatable bonds is 11. The van der Waals surface area contributed by atoms with Crippen molar-refractivity contribution in [2.24, 2.45) is 5.92 Å². The maximum absolute atomic E-state index is 11.9. The van der Waals surface area contributed by atoms with Crippen LogP contribution in [0.15, 0.2) is 0 Å². The van der Waals surface area contributed by atoms with Crippen LogP contribution < -0.4 is 5.32 Å². The molecule has 0 saturated heterocycles. The van der Waals surface area contributed by atoms with Crippen molar-refractivity contribution in [1.29, 1.82) is 0 Å². The third-order valence-electron chi connectivity index (χ3n) is 2.50. The molecule has 0 fully saturated rings. The predicted octanol–water partition coefficient (Wildman–Crippen LogP) is 2.27. The lowest BCUT2D eigenvalue weighted by Crippen LogP contribution is -2.35. The Balaban J connectivity index is 3.79. The number of ketones is 1.